The largest absolute Gasteiger partial charge is 0.495 e. The number of nitrogens with one attached hydrogen (secondary N) is 1. The molecule has 0 unspecified atom stereocenters. The minimum absolute atomic E-state index is 0.0310. The Hall–Kier alpha value is -2.63. The summed E-state index contributed by atoms with van der Waals surface area (Å²) in [5.41, 5.74) is -0.479. The summed E-state index contributed by atoms with van der Waals surface area (Å²) in [4.78, 5) is 27.1. The Morgan fingerprint density at radius 3 is 2.64 bits per heavy atom. The number of aliphatic hydroxyl groups is 2. The molecule has 0 spiro atoms. The smallest absolute Gasteiger partial charge is 0.409 e. The summed E-state index contributed by atoms with van der Waals surface area (Å²) in [6, 6.07) is 3.63. The molecule has 0 radical (unpaired) electrons. The van der Waals surface area contributed by atoms with Crippen LogP contribution < -0.4 is 15.0 Å². The lowest BCUT2D eigenvalue weighted by atomic mass is 9.84. The van der Waals surface area contributed by atoms with Gasteiger partial charge in [0.1, 0.15) is 28.6 Å². The standard InChI is InChI=1S/C28H37ClN2O8/c1-15-8-7-9-22(37-6)28(35)14-20(38-26(34)30-28)16(2)25-27(3,39-25)21(32)13-23(33)31(4)18-11-17(10-15)12-19(36-5)24(18)29/h7-9,11-12,16,20-22,25,32,35H,10,13-14H2,1-6H3,(H,30,34)/b9-7+,15-8+/t16-,20-,21+,22-,25-,27+,28+/m1/s1. The highest BCUT2D eigenvalue weighted by molar-refractivity contribution is 6.35. The number of carbonyl (C=O) groups is 2. The average Bonchev–Trinajstić information content (AvgIpc) is 3.58. The summed E-state index contributed by atoms with van der Waals surface area (Å²) in [5.74, 6) is -0.323. The van der Waals surface area contributed by atoms with Crippen LogP contribution in [0, 0.1) is 5.92 Å². The first kappa shape index (κ1) is 29.4. The highest BCUT2D eigenvalue weighted by Crippen LogP contribution is 2.48. The van der Waals surface area contributed by atoms with E-state index >= 15 is 0 Å². The number of aliphatic hydroxyl groups excluding tert-OH is 1. The van der Waals surface area contributed by atoms with E-state index in [9.17, 15) is 19.8 Å². The van der Waals surface area contributed by atoms with Crippen LogP contribution in [0.3, 0.4) is 0 Å². The molecule has 3 N–H and O–H groups in total. The number of carbonyl (C=O) groups excluding carboxylic acids is 2. The Balaban J connectivity index is 1.74. The van der Waals surface area contributed by atoms with Gasteiger partial charge in [0.15, 0.2) is 5.72 Å². The molecule has 10 nitrogen and oxygen atoms in total. The number of ether oxygens (including phenoxy) is 4. The topological polar surface area (TPSA) is 130 Å². The molecular formula is C28H37ClN2O8. The monoisotopic (exact) mass is 564 g/mol. The van der Waals surface area contributed by atoms with Crippen LogP contribution in [0.15, 0.2) is 35.9 Å². The van der Waals surface area contributed by atoms with Gasteiger partial charge in [-0.15, -0.1) is 0 Å². The summed E-state index contributed by atoms with van der Waals surface area (Å²) in [6.45, 7) is 5.48. The van der Waals surface area contributed by atoms with Crippen molar-refractivity contribution >= 4 is 29.3 Å². The minimum Gasteiger partial charge on any atom is -0.495 e. The number of fused-ring (bicyclic) bond motifs is 5. The van der Waals surface area contributed by atoms with Crippen molar-refractivity contribution in [3.8, 4) is 5.75 Å². The van der Waals surface area contributed by atoms with Crippen LogP contribution >= 0.6 is 11.6 Å². The second-order valence-corrected chi connectivity index (χ2v) is 11.2. The highest BCUT2D eigenvalue weighted by Gasteiger charge is 2.62. The van der Waals surface area contributed by atoms with Crippen LogP contribution in [0.2, 0.25) is 5.02 Å². The highest BCUT2D eigenvalue weighted by atomic mass is 35.5. The first-order chi connectivity index (χ1) is 18.3. The summed E-state index contributed by atoms with van der Waals surface area (Å²) in [6.07, 6.45) is 1.63. The summed E-state index contributed by atoms with van der Waals surface area (Å²) in [7, 11) is 4.56. The fourth-order valence-corrected chi connectivity index (χ4v) is 5.78. The number of methoxy groups -OCH3 is 2. The number of amides is 2. The Labute approximate surface area is 233 Å². The lowest BCUT2D eigenvalue weighted by Gasteiger charge is -2.42. The Bertz CT molecular complexity index is 1190. The third kappa shape index (κ3) is 5.81. The normalized spacial score (nSPS) is 37.6. The number of halogens is 1. The Morgan fingerprint density at radius 2 is 1.97 bits per heavy atom. The predicted molar refractivity (Wildman–Crippen MR) is 145 cm³/mol. The van der Waals surface area contributed by atoms with Gasteiger partial charge in [-0.05, 0) is 38.0 Å². The lowest BCUT2D eigenvalue weighted by Crippen LogP contribution is -2.63. The second kappa shape index (κ2) is 11.1. The van der Waals surface area contributed by atoms with Crippen LogP contribution in [0.1, 0.15) is 39.2 Å². The van der Waals surface area contributed by atoms with Crippen LogP contribution in [0.5, 0.6) is 5.75 Å². The van der Waals surface area contributed by atoms with E-state index in [0.29, 0.717) is 17.9 Å². The van der Waals surface area contributed by atoms with Gasteiger partial charge in [-0.1, -0.05) is 42.3 Å². The molecule has 39 heavy (non-hydrogen) atoms. The summed E-state index contributed by atoms with van der Waals surface area (Å²) < 4.78 is 22.4. The van der Waals surface area contributed by atoms with Crippen molar-refractivity contribution in [1.29, 1.82) is 0 Å². The van der Waals surface area contributed by atoms with Gasteiger partial charge in [-0.2, -0.15) is 0 Å². The third-order valence-electron chi connectivity index (χ3n) is 7.98. The van der Waals surface area contributed by atoms with Crippen molar-refractivity contribution in [2.45, 2.75) is 75.8 Å². The first-order valence-electron chi connectivity index (χ1n) is 12.9. The fraction of sp³-hybridized carbons (Fsp3) is 0.571. The van der Waals surface area contributed by atoms with Gasteiger partial charge >= 0.3 is 6.09 Å². The Morgan fingerprint density at radius 1 is 1.26 bits per heavy atom. The maximum atomic E-state index is 13.3. The van der Waals surface area contributed by atoms with Gasteiger partial charge < -0.3 is 34.1 Å². The number of allylic oxidation sites excluding steroid dienone is 3. The molecule has 214 valence electrons. The number of rotatable bonds is 2. The molecule has 11 heteroatoms. The van der Waals surface area contributed by atoms with E-state index in [2.05, 4.69) is 5.32 Å². The van der Waals surface area contributed by atoms with E-state index in [-0.39, 0.29) is 23.8 Å². The SMILES string of the molecule is COc1cc2cc(c1Cl)N(C)C(=O)C[C@H](O)[C@]1(C)O[C@@H]1[C@H](C)[C@H]1C[C@@](O)(NC(=O)O1)[C@H](OC)/C=C/C=C(\C)C2. The van der Waals surface area contributed by atoms with Crippen LogP contribution in [-0.2, 0) is 25.4 Å². The number of epoxide rings is 1. The zero-order valence-electron chi connectivity index (χ0n) is 23.1. The molecule has 4 bridgehead atoms. The predicted octanol–water partition coefficient (Wildman–Crippen LogP) is 3.12. The van der Waals surface area contributed by atoms with E-state index in [1.807, 2.05) is 32.1 Å². The molecule has 0 aliphatic carbocycles. The number of hydrogen-bond acceptors (Lipinski definition) is 8. The van der Waals surface area contributed by atoms with Gasteiger partial charge in [0, 0.05) is 26.5 Å². The van der Waals surface area contributed by atoms with Crippen molar-refractivity contribution in [3.05, 3.63) is 46.5 Å². The molecule has 0 saturated carbocycles. The van der Waals surface area contributed by atoms with Crippen LogP contribution in [-0.4, -0.2) is 79.2 Å². The molecule has 2 amide bonds. The molecule has 3 heterocycles. The Kier molecular flexibility index (Phi) is 8.35. The molecule has 1 aromatic rings. The van der Waals surface area contributed by atoms with Crippen molar-refractivity contribution in [2.24, 2.45) is 5.92 Å². The van der Waals surface area contributed by atoms with Crippen LogP contribution in [0.25, 0.3) is 0 Å². The van der Waals surface area contributed by atoms with Crippen molar-refractivity contribution < 1.29 is 38.7 Å². The molecule has 3 aliphatic heterocycles. The quantitative estimate of drug-likeness (QED) is 0.467. The number of nitrogens with zero attached hydrogens (tertiary/aromatic N) is 1. The van der Waals surface area contributed by atoms with Crippen molar-refractivity contribution in [1.82, 2.24) is 5.32 Å². The molecule has 0 aromatic heterocycles. The maximum absolute atomic E-state index is 13.3. The van der Waals surface area contributed by atoms with E-state index in [1.54, 1.807) is 26.1 Å². The molecule has 7 atom stereocenters. The summed E-state index contributed by atoms with van der Waals surface area (Å²) >= 11 is 6.58. The van der Waals surface area contributed by atoms with Crippen molar-refractivity contribution in [2.75, 3.05) is 26.2 Å². The van der Waals surface area contributed by atoms with E-state index in [0.717, 1.165) is 11.1 Å². The van der Waals surface area contributed by atoms with Gasteiger partial charge in [-0.3, -0.25) is 10.1 Å². The van der Waals surface area contributed by atoms with Crippen molar-refractivity contribution in [3.63, 3.8) is 0 Å². The zero-order valence-corrected chi connectivity index (χ0v) is 23.8. The fourth-order valence-electron chi connectivity index (χ4n) is 5.46. The lowest BCUT2D eigenvalue weighted by molar-refractivity contribution is -0.142. The molecule has 4 rings (SSSR count). The summed E-state index contributed by atoms with van der Waals surface area (Å²) in [5, 5.41) is 25.3. The maximum Gasteiger partial charge on any atom is 0.409 e. The zero-order chi connectivity index (χ0) is 28.7. The number of alkyl carbamates (subject to hydrolysis) is 1. The van der Waals surface area contributed by atoms with Gasteiger partial charge in [0.25, 0.3) is 0 Å². The number of anilines is 1. The molecule has 3 aliphatic rings. The molecule has 2 saturated heterocycles. The molecular weight excluding hydrogens is 528 g/mol. The second-order valence-electron chi connectivity index (χ2n) is 10.8. The van der Waals surface area contributed by atoms with Gasteiger partial charge in [-0.25, -0.2) is 4.79 Å². The minimum atomic E-state index is -1.73. The van der Waals surface area contributed by atoms with E-state index in [1.165, 1.54) is 19.1 Å². The number of hydrogen-bond donors (Lipinski definition) is 3. The van der Waals surface area contributed by atoms with Gasteiger partial charge in [0.05, 0.1) is 31.4 Å². The third-order valence-corrected chi connectivity index (χ3v) is 8.36. The van der Waals surface area contributed by atoms with Crippen LogP contribution in [0.4, 0.5) is 10.5 Å². The van der Waals surface area contributed by atoms with E-state index in [4.69, 9.17) is 30.5 Å². The molecule has 1 aromatic carbocycles. The first-order valence-corrected chi connectivity index (χ1v) is 13.3. The number of benzene rings is 1. The van der Waals surface area contributed by atoms with E-state index < -0.39 is 47.8 Å². The average molecular weight is 565 g/mol. The van der Waals surface area contributed by atoms with Gasteiger partial charge in [0.2, 0.25) is 5.91 Å². The molecule has 2 fully saturated rings.